The first-order valence-corrected chi connectivity index (χ1v) is 9.63. The molecule has 158 valence electrons. The molecule has 0 radical (unpaired) electrons. The smallest absolute Gasteiger partial charge is 0.275 e. The Bertz CT molecular complexity index is 942. The lowest BCUT2D eigenvalue weighted by Gasteiger charge is -2.16. The van der Waals surface area contributed by atoms with Crippen LogP contribution in [0, 0.1) is 0 Å². The fraction of sp³-hybridized carbons (Fsp3) is 0.261. The summed E-state index contributed by atoms with van der Waals surface area (Å²) >= 11 is 0. The number of carbonyl (C=O) groups is 1. The van der Waals surface area contributed by atoms with Gasteiger partial charge in [-0.05, 0) is 18.2 Å². The molecule has 0 aliphatic carbocycles. The number of rotatable bonds is 10. The number of quaternary nitrogens is 1. The predicted molar refractivity (Wildman–Crippen MR) is 112 cm³/mol. The number of hydrogen-bond donors (Lipinski definition) is 2. The fourth-order valence-electron chi connectivity index (χ4n) is 3.27. The predicted octanol–water partition coefficient (Wildman–Crippen LogP) is 2.27. The van der Waals surface area contributed by atoms with Crippen LogP contribution in [0.2, 0.25) is 0 Å². The summed E-state index contributed by atoms with van der Waals surface area (Å²) in [6.45, 7) is 0.558. The van der Waals surface area contributed by atoms with E-state index in [0.717, 1.165) is 16.9 Å². The Morgan fingerprint density at radius 3 is 2.30 bits per heavy atom. The first-order chi connectivity index (χ1) is 14.7. The Kier molecular flexibility index (Phi) is 7.34. The zero-order valence-electron chi connectivity index (χ0n) is 17.4. The fourth-order valence-corrected chi connectivity index (χ4v) is 3.27. The maximum Gasteiger partial charge on any atom is 0.275 e. The number of furan rings is 1. The summed E-state index contributed by atoms with van der Waals surface area (Å²) in [5.41, 5.74) is 1.87. The molecule has 0 bridgehead atoms. The highest BCUT2D eigenvalue weighted by atomic mass is 16.5. The highest BCUT2D eigenvalue weighted by Crippen LogP contribution is 2.34. The average Bonchev–Trinajstić information content (AvgIpc) is 3.32. The van der Waals surface area contributed by atoms with Crippen molar-refractivity contribution in [2.24, 2.45) is 0 Å². The van der Waals surface area contributed by atoms with Crippen LogP contribution in [-0.4, -0.2) is 33.8 Å². The molecule has 30 heavy (non-hydrogen) atoms. The van der Waals surface area contributed by atoms with Crippen molar-refractivity contribution in [3.05, 3.63) is 77.7 Å². The third-order valence-electron chi connectivity index (χ3n) is 4.81. The molecule has 0 fully saturated rings. The van der Waals surface area contributed by atoms with E-state index in [9.17, 15) is 4.79 Å². The van der Waals surface area contributed by atoms with Crippen molar-refractivity contribution in [2.45, 2.75) is 12.6 Å². The number of amides is 1. The highest BCUT2D eigenvalue weighted by molar-refractivity contribution is 5.76. The van der Waals surface area contributed by atoms with E-state index in [1.54, 1.807) is 39.7 Å². The average molecular weight is 411 g/mol. The number of benzene rings is 2. The number of ether oxygens (including phenoxy) is 3. The Hall–Kier alpha value is -3.45. The molecule has 1 aromatic heterocycles. The maximum absolute atomic E-state index is 12.5. The lowest BCUT2D eigenvalue weighted by molar-refractivity contribution is -0.678. The molecule has 1 atom stereocenters. The van der Waals surface area contributed by atoms with Gasteiger partial charge in [-0.25, -0.2) is 0 Å². The largest absolute Gasteiger partial charge is 0.496 e. The van der Waals surface area contributed by atoms with E-state index in [2.05, 4.69) is 5.32 Å². The SMILES string of the molecule is COc1cc(OC)c(OC)cc1CNC(=O)C[NH2+][C@@H](c1ccccc1)c1ccco1. The molecule has 0 saturated carbocycles. The molecular weight excluding hydrogens is 384 g/mol. The van der Waals surface area contributed by atoms with E-state index in [0.29, 0.717) is 23.8 Å². The number of hydrogen-bond acceptors (Lipinski definition) is 5. The van der Waals surface area contributed by atoms with Gasteiger partial charge in [0, 0.05) is 23.7 Å². The van der Waals surface area contributed by atoms with E-state index in [-0.39, 0.29) is 18.5 Å². The van der Waals surface area contributed by atoms with Gasteiger partial charge in [-0.2, -0.15) is 0 Å². The molecule has 0 aliphatic rings. The van der Waals surface area contributed by atoms with E-state index in [4.69, 9.17) is 18.6 Å². The quantitative estimate of drug-likeness (QED) is 0.535. The molecule has 0 saturated heterocycles. The number of nitrogens with one attached hydrogen (secondary N) is 1. The van der Waals surface area contributed by atoms with Crippen LogP contribution >= 0.6 is 0 Å². The minimum atomic E-state index is -0.0978. The monoisotopic (exact) mass is 411 g/mol. The third kappa shape index (κ3) is 5.12. The van der Waals surface area contributed by atoms with Gasteiger partial charge in [-0.1, -0.05) is 30.3 Å². The van der Waals surface area contributed by atoms with Gasteiger partial charge in [0.15, 0.2) is 29.8 Å². The second-order valence-corrected chi connectivity index (χ2v) is 6.64. The standard InChI is InChI=1S/C23H26N2O5/c1-27-19-13-21(29-3)20(28-2)12-17(19)14-24-22(26)15-25-23(18-10-7-11-30-18)16-8-5-4-6-9-16/h4-13,23,25H,14-15H2,1-3H3,(H,24,26)/p+1/t23-/m0/s1. The summed E-state index contributed by atoms with van der Waals surface area (Å²) < 4.78 is 21.6. The molecular formula is C23H27N2O5+. The van der Waals surface area contributed by atoms with Crippen molar-refractivity contribution in [3.63, 3.8) is 0 Å². The lowest BCUT2D eigenvalue weighted by Crippen LogP contribution is -2.87. The molecule has 0 spiro atoms. The second-order valence-electron chi connectivity index (χ2n) is 6.64. The van der Waals surface area contributed by atoms with Gasteiger partial charge in [0.05, 0.1) is 27.6 Å². The van der Waals surface area contributed by atoms with Crippen LogP contribution in [0.1, 0.15) is 22.9 Å². The zero-order chi connectivity index (χ0) is 21.3. The van der Waals surface area contributed by atoms with Crippen LogP contribution in [0.5, 0.6) is 17.2 Å². The van der Waals surface area contributed by atoms with Crippen LogP contribution in [0.25, 0.3) is 0 Å². The molecule has 7 heteroatoms. The van der Waals surface area contributed by atoms with E-state index in [1.807, 2.05) is 47.8 Å². The summed E-state index contributed by atoms with van der Waals surface area (Å²) in [6.07, 6.45) is 1.64. The number of nitrogens with two attached hydrogens (primary N) is 1. The van der Waals surface area contributed by atoms with Crippen molar-refractivity contribution in [1.29, 1.82) is 0 Å². The molecule has 3 aromatic rings. The van der Waals surface area contributed by atoms with E-state index < -0.39 is 0 Å². The van der Waals surface area contributed by atoms with E-state index >= 15 is 0 Å². The van der Waals surface area contributed by atoms with Crippen LogP contribution in [0.3, 0.4) is 0 Å². The zero-order valence-corrected chi connectivity index (χ0v) is 17.4. The van der Waals surface area contributed by atoms with Crippen molar-refractivity contribution >= 4 is 5.91 Å². The topological polar surface area (TPSA) is 86.5 Å². The van der Waals surface area contributed by atoms with Crippen LogP contribution in [0.4, 0.5) is 0 Å². The van der Waals surface area contributed by atoms with Gasteiger partial charge in [-0.3, -0.25) is 4.79 Å². The molecule has 3 N–H and O–H groups in total. The lowest BCUT2D eigenvalue weighted by atomic mass is 10.0. The Balaban J connectivity index is 1.64. The summed E-state index contributed by atoms with van der Waals surface area (Å²) in [6, 6.07) is 17.2. The van der Waals surface area contributed by atoms with Gasteiger partial charge < -0.3 is 29.3 Å². The van der Waals surface area contributed by atoms with Gasteiger partial charge >= 0.3 is 0 Å². The summed E-state index contributed by atoms with van der Waals surface area (Å²) in [5, 5.41) is 4.89. The number of carbonyl (C=O) groups excluding carboxylic acids is 1. The van der Waals surface area contributed by atoms with Gasteiger partial charge in [-0.15, -0.1) is 0 Å². The molecule has 7 nitrogen and oxygen atoms in total. The van der Waals surface area contributed by atoms with Crippen molar-refractivity contribution in [2.75, 3.05) is 27.9 Å². The molecule has 0 aliphatic heterocycles. The molecule has 0 unspecified atom stereocenters. The molecule has 2 aromatic carbocycles. The minimum absolute atomic E-state index is 0.0948. The first kappa shape index (κ1) is 21.3. The molecule has 1 heterocycles. The molecule has 3 rings (SSSR count). The van der Waals surface area contributed by atoms with Gasteiger partial charge in [0.25, 0.3) is 5.91 Å². The van der Waals surface area contributed by atoms with Crippen molar-refractivity contribution in [1.82, 2.24) is 5.32 Å². The van der Waals surface area contributed by atoms with Crippen LogP contribution < -0.4 is 24.8 Å². The van der Waals surface area contributed by atoms with Crippen LogP contribution in [-0.2, 0) is 11.3 Å². The minimum Gasteiger partial charge on any atom is -0.496 e. The van der Waals surface area contributed by atoms with Crippen molar-refractivity contribution in [3.8, 4) is 17.2 Å². The Labute approximate surface area is 175 Å². The molecule has 1 amide bonds. The highest BCUT2D eigenvalue weighted by Gasteiger charge is 2.21. The van der Waals surface area contributed by atoms with Crippen molar-refractivity contribution < 1.29 is 28.7 Å². The Morgan fingerprint density at radius 2 is 1.67 bits per heavy atom. The Morgan fingerprint density at radius 1 is 0.967 bits per heavy atom. The second kappa shape index (κ2) is 10.4. The van der Waals surface area contributed by atoms with Gasteiger partial charge in [0.1, 0.15) is 5.75 Å². The summed E-state index contributed by atoms with van der Waals surface area (Å²) in [7, 11) is 4.71. The summed E-state index contributed by atoms with van der Waals surface area (Å²) in [4.78, 5) is 12.5. The van der Waals surface area contributed by atoms with Gasteiger partial charge in [0.2, 0.25) is 0 Å². The first-order valence-electron chi connectivity index (χ1n) is 9.63. The maximum atomic E-state index is 12.5. The third-order valence-corrected chi connectivity index (χ3v) is 4.81. The van der Waals surface area contributed by atoms with E-state index in [1.165, 1.54) is 0 Å². The number of methoxy groups -OCH3 is 3. The normalized spacial score (nSPS) is 11.6. The summed E-state index contributed by atoms with van der Waals surface area (Å²) in [5.74, 6) is 2.47. The van der Waals surface area contributed by atoms with Crippen LogP contribution in [0.15, 0.2) is 65.3 Å².